The molecule has 7 aliphatic heterocycles. The molecule has 126 heavy (non-hydrogen) atoms. The first-order valence-corrected chi connectivity index (χ1v) is 44.5. The van der Waals surface area contributed by atoms with Crippen LogP contribution in [0.15, 0.2) is 97.1 Å². The Morgan fingerprint density at radius 1 is 0.698 bits per heavy atom. The quantitative estimate of drug-likeness (QED) is 0.0424. The molecule has 13 rings (SSSR count). The van der Waals surface area contributed by atoms with Crippen LogP contribution in [0.1, 0.15) is 131 Å². The molecule has 7 heterocycles. The molecule has 682 valence electrons. The number of aliphatic hydroxyl groups excluding tert-OH is 6. The maximum atomic E-state index is 16.2. The molecule has 8 amide bonds. The van der Waals surface area contributed by atoms with Gasteiger partial charge in [-0.25, -0.2) is 9.36 Å². The van der Waals surface area contributed by atoms with Crippen molar-refractivity contribution in [2.75, 3.05) is 19.6 Å². The number of phenolic OH excluding ortho intramolecular Hbond substituents is 3. The van der Waals surface area contributed by atoms with Gasteiger partial charge in [-0.05, 0) is 128 Å². The summed E-state index contributed by atoms with van der Waals surface area (Å²) < 4.78 is 81.5. The van der Waals surface area contributed by atoms with Gasteiger partial charge in [0.1, 0.15) is 107 Å². The lowest BCUT2D eigenvalue weighted by atomic mass is 9.79. The van der Waals surface area contributed by atoms with E-state index in [1.54, 1.807) is 13.8 Å². The Balaban J connectivity index is 1.09. The number of amides is 8. The first kappa shape index (κ1) is 96.5. The highest BCUT2D eigenvalue weighted by atomic mass is 35.5. The van der Waals surface area contributed by atoms with Crippen molar-refractivity contribution in [3.05, 3.63) is 140 Å². The van der Waals surface area contributed by atoms with E-state index in [4.69, 9.17) is 61.9 Å². The first-order valence-electron chi connectivity index (χ1n) is 38.5. The largest absolute Gasteiger partial charge is 0.524 e. The molecule has 0 aliphatic carbocycles. The summed E-state index contributed by atoms with van der Waals surface area (Å²) in [5, 5.41) is 135. The van der Waals surface area contributed by atoms with Gasteiger partial charge in [-0.2, -0.15) is 0 Å². The van der Waals surface area contributed by atoms with Crippen molar-refractivity contribution in [1.82, 2.24) is 42.5 Å². The number of carboxylic acids is 1. The van der Waals surface area contributed by atoms with Crippen molar-refractivity contribution in [3.63, 3.8) is 0 Å². The number of nitrogens with two attached hydrogens (primary N) is 1. The fourth-order valence-corrected chi connectivity index (χ4v) is 19.4. The number of benzene rings is 6. The van der Waals surface area contributed by atoms with E-state index in [9.17, 15) is 118 Å². The number of ether oxygens (including phenoxy) is 6. The van der Waals surface area contributed by atoms with Gasteiger partial charge in [-0.15, -0.1) is 0 Å². The lowest BCUT2D eigenvalue weighted by molar-refractivity contribution is -0.334. The lowest BCUT2D eigenvalue weighted by Crippen LogP contribution is -2.66. The number of carbonyl (C=O) groups is 9. The third kappa shape index (κ3) is 21.8. The van der Waals surface area contributed by atoms with Gasteiger partial charge >= 0.3 is 21.4 Å². The number of aliphatic hydroxyl groups is 6. The zero-order valence-corrected chi connectivity index (χ0v) is 71.7. The molecule has 43 nitrogen and oxygen atoms in total. The minimum Gasteiger partial charge on any atom is -0.508 e. The highest BCUT2D eigenvalue weighted by Gasteiger charge is 2.53. The van der Waals surface area contributed by atoms with E-state index in [1.807, 2.05) is 0 Å². The maximum absolute atomic E-state index is 16.2. The van der Waals surface area contributed by atoms with Gasteiger partial charge in [0.25, 0.3) is 0 Å². The highest BCUT2D eigenvalue weighted by Crippen LogP contribution is 2.56. The minimum absolute atomic E-state index is 0.154. The van der Waals surface area contributed by atoms with Crippen molar-refractivity contribution >= 4 is 105 Å². The van der Waals surface area contributed by atoms with E-state index in [1.165, 1.54) is 34.7 Å². The van der Waals surface area contributed by atoms with Gasteiger partial charge in [0.05, 0.1) is 40.8 Å². The van der Waals surface area contributed by atoms with Gasteiger partial charge < -0.3 is 147 Å². The van der Waals surface area contributed by atoms with E-state index in [-0.39, 0.29) is 29.0 Å². The summed E-state index contributed by atoms with van der Waals surface area (Å²) in [6, 6.07) is 0.461. The number of aliphatic carboxylic acids is 1. The van der Waals surface area contributed by atoms with Crippen molar-refractivity contribution in [3.8, 4) is 62.9 Å². The molecule has 6 aromatic carbocycles. The van der Waals surface area contributed by atoms with Crippen LogP contribution in [0.2, 0.25) is 10.0 Å². The molecule has 0 radical (unpaired) electrons. The monoisotopic (exact) mass is 1860 g/mol. The Bertz CT molecular complexity index is 5430. The second-order valence-corrected chi connectivity index (χ2v) is 38.4. The van der Waals surface area contributed by atoms with Crippen LogP contribution in [-0.4, -0.2) is 227 Å². The SMILES string of the molecule is CN[C@H](CC(C)C)C(=O)N[C@H]1C(=O)N[C@@H](CC(N)=O)C(=O)N[C@H]2C(=O)N[C@H]3C(=O)N[C@H](C(=O)N[C@H](C(=O)O)c4cc(O)cc(O)c4-c4cc3ccc4O)[C@H](O)c3ccc(c(Cl)c3)Oc3cc2cc(c3O[C@@H]2O[C@H](CO)[C@@H](O)[C@H](O)[C@H]2O[C@H]2C[C@](C)(NC(=O)CC(C)(C)c3cc(P(=O)(O)CP(=O)(O)O)ccc3OP(=O)(O)O)[C@H](O)[C@H](C)O2)Oc2ccc(cc2Cl)[C@H]1O. The topological polar surface area (TPSA) is 695 Å². The summed E-state index contributed by atoms with van der Waals surface area (Å²) in [5.74, 6) is -20.5. The molecule has 6 aromatic rings. The second kappa shape index (κ2) is 38.0. The van der Waals surface area contributed by atoms with E-state index >= 15 is 14.4 Å². The van der Waals surface area contributed by atoms with Crippen LogP contribution in [0.4, 0.5) is 0 Å². The standard InChI is InChI=1S/C78H92Cl2N9O34P3/c1-30(2)16-43(82-7)69(101)87-60-62(96)33-9-13-48(41(79)18-33)118-50-20-35-21-51(66(50)122-76-67(65(99)64(98)52(28-90)120-76)121-55-27-78(6,68(100)31(3)117-55)89-54(95)26-77(4,5)40-24-37(124(109,110)29-125(111,112)113)11-15-47(40)123-126(114,115)116)119-49-14-10-34(19-42(49)80)63(97)61-74(106)86-59(75(107)108)39-22-36(91)23-46(93)56(39)38-17-32(8-12-45(38)92)57(71(103)88-61)85-72(104)58(35)84-70(102)44(25-53(81)94)83-73(60)105/h8-15,17-24,30-31,43-44,52,55,57-65,67-68,76,82,90-93,96-100H,16,25-29H2,1-7H3,(H2,81,94)(H,83,105)(H,84,102)(H,85,104)(H,86,106)(H,87,101)(H,88,103)(H,89,95)(H,107,108)(H,109,110)(H2,111,112,113)(H2,114,115,116)/t31-,43+,44-,52+,55-,57+,58+,59-,60+,61-,62+,63+,64+,65-,67+,68+,76-,78-/m0/s1. The minimum atomic E-state index is -5.45. The van der Waals surface area contributed by atoms with E-state index in [0.717, 1.165) is 97.1 Å². The lowest BCUT2D eigenvalue weighted by Gasteiger charge is -2.48. The van der Waals surface area contributed by atoms with Crippen molar-refractivity contribution in [1.29, 1.82) is 0 Å². The number of hydrogen-bond acceptors (Lipinski definition) is 29. The number of carboxylic acid groups (broad SMARTS) is 1. The Kier molecular flexibility index (Phi) is 29.1. The number of hydrogen-bond donors (Lipinski definition) is 24. The highest BCUT2D eigenvalue weighted by molar-refractivity contribution is 7.77. The third-order valence-electron chi connectivity index (χ3n) is 21.5. The molecule has 0 spiro atoms. The third-order valence-corrected chi connectivity index (χ3v) is 26.6. The van der Waals surface area contributed by atoms with Crippen molar-refractivity contribution in [2.24, 2.45) is 11.7 Å². The normalized spacial score (nSPS) is 26.8. The van der Waals surface area contributed by atoms with Crippen LogP contribution in [0.3, 0.4) is 0 Å². The number of halogens is 2. The van der Waals surface area contributed by atoms with Gasteiger partial charge in [-0.1, -0.05) is 69.1 Å². The predicted octanol–water partition coefficient (Wildman–Crippen LogP) is 1.13. The molecule has 1 unspecified atom stereocenters. The number of fused-ring (bicyclic) bond motifs is 15. The summed E-state index contributed by atoms with van der Waals surface area (Å²) >= 11 is 14.2. The fourth-order valence-electron chi connectivity index (χ4n) is 15.2. The Hall–Kier alpha value is -10.2. The number of rotatable bonds is 22. The van der Waals surface area contributed by atoms with Crippen LogP contribution in [0.5, 0.6) is 51.7 Å². The summed E-state index contributed by atoms with van der Waals surface area (Å²) in [4.78, 5) is 183. The summed E-state index contributed by atoms with van der Waals surface area (Å²) in [7, 11) is -14.2. The van der Waals surface area contributed by atoms with Crippen LogP contribution in [0.25, 0.3) is 11.1 Å². The number of phosphoric ester groups is 1. The van der Waals surface area contributed by atoms with Gasteiger partial charge in [0, 0.05) is 51.9 Å². The number of nitrogens with one attached hydrogen (secondary N) is 8. The second-order valence-electron chi connectivity index (χ2n) is 32.0. The molecule has 25 N–H and O–H groups in total. The summed E-state index contributed by atoms with van der Waals surface area (Å²) in [6.07, 6.45) is -22.4. The predicted molar refractivity (Wildman–Crippen MR) is 436 cm³/mol. The number of phenols is 3. The molecular weight excluding hydrogens is 1770 g/mol. The molecular formula is C78H92Cl2N9O34P3. The number of phosphoric acid groups is 1. The molecule has 48 heteroatoms. The Morgan fingerprint density at radius 3 is 1.88 bits per heavy atom. The average molecular weight is 1860 g/mol. The van der Waals surface area contributed by atoms with E-state index in [0.29, 0.717) is 0 Å². The molecule has 0 saturated carbocycles. The van der Waals surface area contributed by atoms with Crippen LogP contribution in [-0.2, 0) is 76.5 Å². The molecule has 0 aromatic heterocycles. The molecule has 2 saturated heterocycles. The number of likely N-dealkylation sites (N-methyl/N-ethyl adjacent to an activating group) is 1. The summed E-state index contributed by atoms with van der Waals surface area (Å²) in [5.41, 5.74) is -1.54. The number of aromatic hydroxyl groups is 3. The Morgan fingerprint density at radius 2 is 1.30 bits per heavy atom. The maximum Gasteiger partial charge on any atom is 0.524 e. The molecule has 7 aliphatic rings. The van der Waals surface area contributed by atoms with E-state index in [2.05, 4.69) is 42.5 Å². The molecule has 19 atom stereocenters. The smallest absolute Gasteiger partial charge is 0.508 e. The average Bonchev–Trinajstić information content (AvgIpc) is 0.762. The Labute approximate surface area is 725 Å². The van der Waals surface area contributed by atoms with Crippen molar-refractivity contribution < 1.29 is 165 Å². The zero-order chi connectivity index (χ0) is 92.8. The number of primary amides is 1. The summed E-state index contributed by atoms with van der Waals surface area (Å²) in [6.45, 7) is 7.72. The molecule has 2 fully saturated rings. The fraction of sp³-hybridized carbons (Fsp3) is 0.423. The van der Waals surface area contributed by atoms with Gasteiger partial charge in [-0.3, -0.25) is 57.3 Å². The number of carbonyl (C=O) groups excluding carboxylic acids is 8. The zero-order valence-electron chi connectivity index (χ0n) is 67.5. The molecule has 11 bridgehead atoms. The van der Waals surface area contributed by atoms with Gasteiger partial charge in [0.2, 0.25) is 66.7 Å². The van der Waals surface area contributed by atoms with E-state index < -0.39 is 317 Å². The van der Waals surface area contributed by atoms with Crippen LogP contribution in [0, 0.1) is 5.92 Å². The van der Waals surface area contributed by atoms with Crippen molar-refractivity contribution in [2.45, 2.75) is 182 Å². The van der Waals surface area contributed by atoms with Gasteiger partial charge in [0.15, 0.2) is 29.9 Å². The van der Waals surface area contributed by atoms with Crippen LogP contribution >= 0.6 is 46.0 Å². The first-order chi connectivity index (χ1) is 58.8. The van der Waals surface area contributed by atoms with Crippen LogP contribution < -0.4 is 72.3 Å².